The monoisotopic (exact) mass is 488 g/mol. The molecule has 0 spiro atoms. The quantitative estimate of drug-likeness (QED) is 0.507. The summed E-state index contributed by atoms with van der Waals surface area (Å²) < 4.78 is 16.4. The van der Waals surface area contributed by atoms with E-state index >= 15 is 0 Å². The molecule has 2 N–H and O–H groups in total. The van der Waals surface area contributed by atoms with Gasteiger partial charge in [0.1, 0.15) is 17.3 Å². The molecule has 0 aliphatic carbocycles. The first-order chi connectivity index (χ1) is 16.3. The van der Waals surface area contributed by atoms with E-state index in [9.17, 15) is 29.4 Å². The maximum atomic E-state index is 12.7. The van der Waals surface area contributed by atoms with Gasteiger partial charge in [-0.05, 0) is 31.2 Å². The van der Waals surface area contributed by atoms with Crippen LogP contribution in [0.1, 0.15) is 30.1 Å². The summed E-state index contributed by atoms with van der Waals surface area (Å²) >= 11 is 1.04. The highest BCUT2D eigenvalue weighted by Crippen LogP contribution is 2.36. The van der Waals surface area contributed by atoms with Crippen LogP contribution in [0, 0.1) is 0 Å². The molecule has 1 aliphatic rings. The molecule has 10 heteroatoms. The van der Waals surface area contributed by atoms with Gasteiger partial charge in [0.05, 0.1) is 12.0 Å². The van der Waals surface area contributed by atoms with Crippen molar-refractivity contribution < 1.29 is 43.6 Å². The number of ketones is 1. The van der Waals surface area contributed by atoms with Crippen LogP contribution in [-0.4, -0.2) is 63.8 Å². The number of aliphatic carboxylic acids is 1. The number of rotatable bonds is 9. The van der Waals surface area contributed by atoms with Gasteiger partial charge in [-0.25, -0.2) is 9.59 Å². The smallest absolute Gasteiger partial charge is 0.338 e. The Bertz CT molecular complexity index is 1010. The Kier molecular flexibility index (Phi) is 8.80. The van der Waals surface area contributed by atoms with Crippen molar-refractivity contribution in [3.05, 3.63) is 66.2 Å². The molecule has 1 saturated heterocycles. The van der Waals surface area contributed by atoms with Crippen molar-refractivity contribution in [1.29, 1.82) is 0 Å². The Hall–Kier alpha value is -3.21. The van der Waals surface area contributed by atoms with Crippen LogP contribution in [-0.2, 0) is 28.6 Å². The average molecular weight is 489 g/mol. The molecular weight excluding hydrogens is 464 g/mol. The third-order valence-corrected chi connectivity index (χ3v) is 6.13. The lowest BCUT2D eigenvalue weighted by molar-refractivity contribution is -0.221. The number of Topliss-reactive ketones (excluding diaryl/α,β-unsaturated/α-hetero) is 1. The second-order valence-corrected chi connectivity index (χ2v) is 8.75. The predicted octanol–water partition coefficient (Wildman–Crippen LogP) is 2.46. The van der Waals surface area contributed by atoms with Gasteiger partial charge in [-0.3, -0.25) is 4.79 Å². The Morgan fingerprint density at radius 1 is 0.912 bits per heavy atom. The van der Waals surface area contributed by atoms with E-state index in [-0.39, 0.29) is 24.2 Å². The lowest BCUT2D eigenvalue weighted by Gasteiger charge is -2.41. The number of carbonyl (C=O) groups is 4. The molecule has 0 amide bonds. The number of benzene rings is 2. The zero-order chi connectivity index (χ0) is 24.7. The normalized spacial score (nSPS) is 24.1. The second kappa shape index (κ2) is 11.8. The largest absolute Gasteiger partial charge is 0.479 e. The van der Waals surface area contributed by atoms with Crippen molar-refractivity contribution in [2.45, 2.75) is 54.5 Å². The van der Waals surface area contributed by atoms with Gasteiger partial charge in [-0.2, -0.15) is 0 Å². The number of hydrogen-bond donors (Lipinski definition) is 2. The number of aliphatic hydroxyl groups excluding tert-OH is 1. The molecule has 1 fully saturated rings. The SMILES string of the molecule is CC(=O)CCC(=O)O[C@@H]1[C@@H](O)[C@H](Sc2ccccc2)O[C@H](C(=O)O)[C@@H]1OC(=O)c1ccccc1. The highest BCUT2D eigenvalue weighted by atomic mass is 32.2. The summed E-state index contributed by atoms with van der Waals surface area (Å²) in [6.45, 7) is 1.31. The maximum absolute atomic E-state index is 12.7. The number of aliphatic hydroxyl groups is 1. The van der Waals surface area contributed by atoms with E-state index < -0.39 is 47.8 Å². The molecule has 0 aromatic heterocycles. The van der Waals surface area contributed by atoms with Gasteiger partial charge in [0, 0.05) is 11.3 Å². The summed E-state index contributed by atoms with van der Waals surface area (Å²) in [6, 6.07) is 16.6. The van der Waals surface area contributed by atoms with E-state index in [1.165, 1.54) is 19.1 Å². The van der Waals surface area contributed by atoms with Gasteiger partial charge >= 0.3 is 17.9 Å². The van der Waals surface area contributed by atoms with Crippen molar-refractivity contribution >= 4 is 35.5 Å². The van der Waals surface area contributed by atoms with Crippen LogP contribution in [0.15, 0.2) is 65.6 Å². The predicted molar refractivity (Wildman–Crippen MR) is 120 cm³/mol. The topological polar surface area (TPSA) is 136 Å². The third kappa shape index (κ3) is 6.66. The van der Waals surface area contributed by atoms with Crippen molar-refractivity contribution in [1.82, 2.24) is 0 Å². The Balaban J connectivity index is 1.88. The number of carbonyl (C=O) groups excluding carboxylic acids is 3. The fourth-order valence-electron chi connectivity index (χ4n) is 3.27. The van der Waals surface area contributed by atoms with Gasteiger partial charge in [-0.1, -0.05) is 48.2 Å². The van der Waals surface area contributed by atoms with Crippen LogP contribution >= 0.6 is 11.8 Å². The number of ether oxygens (including phenoxy) is 3. The third-order valence-electron chi connectivity index (χ3n) is 4.96. The van der Waals surface area contributed by atoms with Crippen LogP contribution in [0.5, 0.6) is 0 Å². The molecule has 1 aliphatic heterocycles. The molecule has 5 atom stereocenters. The second-order valence-electron chi connectivity index (χ2n) is 7.58. The summed E-state index contributed by atoms with van der Waals surface area (Å²) in [6.07, 6.45) is -6.78. The Morgan fingerprint density at radius 3 is 2.12 bits per heavy atom. The lowest BCUT2D eigenvalue weighted by Crippen LogP contribution is -2.61. The molecule has 0 radical (unpaired) electrons. The minimum absolute atomic E-state index is 0.0861. The summed E-state index contributed by atoms with van der Waals surface area (Å²) in [5.41, 5.74) is -0.996. The average Bonchev–Trinajstić information content (AvgIpc) is 2.82. The number of hydrogen-bond acceptors (Lipinski definition) is 9. The molecular formula is C24H24O9S. The minimum Gasteiger partial charge on any atom is -0.479 e. The standard InChI is InChI=1S/C24H24O9S/c1-14(25)12-13-17(26)31-19-18(27)24(34-16-10-6-3-7-11-16)33-21(22(28)29)20(19)32-23(30)15-8-4-2-5-9-15/h2-11,18-21,24,27H,12-13H2,1H3,(H,28,29)/t18-,19-,20-,21+,24+/m1/s1. The zero-order valence-corrected chi connectivity index (χ0v) is 19.1. The van der Waals surface area contributed by atoms with Crippen LogP contribution in [0.4, 0.5) is 0 Å². The molecule has 34 heavy (non-hydrogen) atoms. The van der Waals surface area contributed by atoms with E-state index in [1.54, 1.807) is 48.5 Å². The van der Waals surface area contributed by atoms with E-state index in [0.717, 1.165) is 11.8 Å². The summed E-state index contributed by atoms with van der Waals surface area (Å²) in [5.74, 6) is -3.40. The van der Waals surface area contributed by atoms with Crippen LogP contribution in [0.25, 0.3) is 0 Å². The zero-order valence-electron chi connectivity index (χ0n) is 18.2. The molecule has 2 aromatic rings. The summed E-state index contributed by atoms with van der Waals surface area (Å²) in [5, 5.41) is 20.8. The van der Waals surface area contributed by atoms with Gasteiger partial charge in [-0.15, -0.1) is 0 Å². The Morgan fingerprint density at radius 2 is 1.53 bits per heavy atom. The van der Waals surface area contributed by atoms with Gasteiger partial charge in [0.15, 0.2) is 18.3 Å². The van der Waals surface area contributed by atoms with E-state index in [4.69, 9.17) is 14.2 Å². The van der Waals surface area contributed by atoms with Crippen LogP contribution < -0.4 is 0 Å². The van der Waals surface area contributed by atoms with E-state index in [0.29, 0.717) is 4.90 Å². The summed E-state index contributed by atoms with van der Waals surface area (Å²) in [4.78, 5) is 49.0. The number of esters is 2. The number of thioether (sulfide) groups is 1. The first kappa shape index (κ1) is 25.4. The first-order valence-corrected chi connectivity index (χ1v) is 11.4. The summed E-state index contributed by atoms with van der Waals surface area (Å²) in [7, 11) is 0. The fraction of sp³-hybridized carbons (Fsp3) is 0.333. The van der Waals surface area contributed by atoms with Crippen molar-refractivity contribution in [2.75, 3.05) is 0 Å². The lowest BCUT2D eigenvalue weighted by atomic mass is 9.99. The molecule has 0 bridgehead atoms. The first-order valence-electron chi connectivity index (χ1n) is 10.5. The molecule has 1 heterocycles. The fourth-order valence-corrected chi connectivity index (χ4v) is 4.33. The Labute approximate surface area is 200 Å². The molecule has 9 nitrogen and oxygen atoms in total. The van der Waals surface area contributed by atoms with Gasteiger partial charge < -0.3 is 29.2 Å². The molecule has 3 rings (SSSR count). The molecule has 180 valence electrons. The van der Waals surface area contributed by atoms with Crippen molar-refractivity contribution in [3.8, 4) is 0 Å². The van der Waals surface area contributed by atoms with Crippen molar-refractivity contribution in [3.63, 3.8) is 0 Å². The highest BCUT2D eigenvalue weighted by Gasteiger charge is 2.52. The van der Waals surface area contributed by atoms with Gasteiger partial charge in [0.25, 0.3) is 0 Å². The minimum atomic E-state index is -1.72. The molecule has 0 unspecified atom stereocenters. The van der Waals surface area contributed by atoms with Crippen LogP contribution in [0.3, 0.4) is 0 Å². The highest BCUT2D eigenvalue weighted by molar-refractivity contribution is 7.99. The van der Waals surface area contributed by atoms with Crippen molar-refractivity contribution in [2.24, 2.45) is 0 Å². The van der Waals surface area contributed by atoms with Crippen LogP contribution in [0.2, 0.25) is 0 Å². The molecule has 2 aromatic carbocycles. The van der Waals surface area contributed by atoms with Gasteiger partial charge in [0.2, 0.25) is 0 Å². The maximum Gasteiger partial charge on any atom is 0.338 e. The van der Waals surface area contributed by atoms with E-state index in [2.05, 4.69) is 0 Å². The van der Waals surface area contributed by atoms with E-state index in [1.807, 2.05) is 0 Å². The number of carboxylic acid groups (broad SMARTS) is 1. The number of carboxylic acids is 1. The molecule has 0 saturated carbocycles.